The second kappa shape index (κ2) is 6.86. The maximum atomic E-state index is 12.8. The fraction of sp³-hybridized carbons (Fsp3) is 0.600. The highest BCUT2D eigenvalue weighted by atomic mass is 19.1. The maximum Gasteiger partial charge on any atom is 0.123 e. The van der Waals surface area contributed by atoms with Gasteiger partial charge in [0.1, 0.15) is 5.82 Å². The summed E-state index contributed by atoms with van der Waals surface area (Å²) >= 11 is 0. The average molecular weight is 250 g/mol. The smallest absolute Gasteiger partial charge is 0.123 e. The highest BCUT2D eigenvalue weighted by Gasteiger charge is 2.13. The van der Waals surface area contributed by atoms with Crippen molar-refractivity contribution in [2.75, 3.05) is 26.7 Å². The molecule has 1 aromatic rings. The summed E-state index contributed by atoms with van der Waals surface area (Å²) in [5.74, 6) is 0.720. The number of hydrogen-bond donors (Lipinski definition) is 1. The minimum Gasteiger partial charge on any atom is -0.317 e. The van der Waals surface area contributed by atoms with Gasteiger partial charge in [-0.1, -0.05) is 12.1 Å². The molecule has 2 nitrogen and oxygen atoms in total. The highest BCUT2D eigenvalue weighted by Crippen LogP contribution is 2.16. The number of halogens is 1. The van der Waals surface area contributed by atoms with Crippen molar-refractivity contribution in [1.82, 2.24) is 10.2 Å². The summed E-state index contributed by atoms with van der Waals surface area (Å²) in [7, 11) is 2.14. The van der Waals surface area contributed by atoms with Gasteiger partial charge in [0.05, 0.1) is 0 Å². The van der Waals surface area contributed by atoms with E-state index in [1.54, 1.807) is 0 Å². The molecular weight excluding hydrogens is 227 g/mol. The molecule has 18 heavy (non-hydrogen) atoms. The van der Waals surface area contributed by atoms with E-state index in [1.165, 1.54) is 50.0 Å². The molecule has 0 atom stereocenters. The number of hydrogen-bond acceptors (Lipinski definition) is 2. The molecule has 0 radical (unpaired) electrons. The molecule has 1 aliphatic heterocycles. The third-order valence-electron chi connectivity index (χ3n) is 3.74. The molecule has 1 aromatic carbocycles. The monoisotopic (exact) mass is 250 g/mol. The first-order valence-corrected chi connectivity index (χ1v) is 6.88. The molecule has 100 valence electrons. The topological polar surface area (TPSA) is 15.3 Å². The van der Waals surface area contributed by atoms with Gasteiger partial charge in [0.15, 0.2) is 0 Å². The lowest BCUT2D eigenvalue weighted by atomic mass is 9.94. The van der Waals surface area contributed by atoms with Crippen LogP contribution in [-0.2, 0) is 6.54 Å². The van der Waals surface area contributed by atoms with Crippen LogP contribution < -0.4 is 5.32 Å². The number of piperidine rings is 1. The van der Waals surface area contributed by atoms with Crippen molar-refractivity contribution in [3.05, 3.63) is 35.6 Å². The van der Waals surface area contributed by atoms with E-state index in [1.807, 2.05) is 12.1 Å². The van der Waals surface area contributed by atoms with Crippen LogP contribution in [0.5, 0.6) is 0 Å². The summed E-state index contributed by atoms with van der Waals surface area (Å²) < 4.78 is 12.8. The van der Waals surface area contributed by atoms with E-state index in [4.69, 9.17) is 0 Å². The van der Waals surface area contributed by atoms with Crippen LogP contribution in [0.25, 0.3) is 0 Å². The van der Waals surface area contributed by atoms with Gasteiger partial charge < -0.3 is 10.2 Å². The lowest BCUT2D eigenvalue weighted by Gasteiger charge is -2.25. The van der Waals surface area contributed by atoms with Crippen LogP contribution in [0.15, 0.2) is 24.3 Å². The summed E-state index contributed by atoms with van der Waals surface area (Å²) in [6, 6.07) is 6.82. The molecule has 0 saturated carbocycles. The number of benzene rings is 1. The zero-order chi connectivity index (χ0) is 12.8. The molecule has 1 saturated heterocycles. The van der Waals surface area contributed by atoms with E-state index >= 15 is 0 Å². The predicted molar refractivity (Wildman–Crippen MR) is 72.9 cm³/mol. The molecule has 0 aliphatic carbocycles. The number of rotatable bonds is 5. The Morgan fingerprint density at radius 3 is 2.56 bits per heavy atom. The molecule has 1 aliphatic rings. The fourth-order valence-electron chi connectivity index (χ4n) is 2.55. The van der Waals surface area contributed by atoms with Crippen molar-refractivity contribution in [3.8, 4) is 0 Å². The highest BCUT2D eigenvalue weighted by molar-refractivity contribution is 5.15. The van der Waals surface area contributed by atoms with Gasteiger partial charge in [-0.15, -0.1) is 0 Å². The SMILES string of the molecule is CN(CCC1CCNCC1)Cc1ccc(F)cc1. The van der Waals surface area contributed by atoms with Crippen LogP contribution in [0.1, 0.15) is 24.8 Å². The van der Waals surface area contributed by atoms with Crippen molar-refractivity contribution in [3.63, 3.8) is 0 Å². The molecule has 0 amide bonds. The first-order chi connectivity index (χ1) is 8.74. The van der Waals surface area contributed by atoms with Crippen LogP contribution >= 0.6 is 0 Å². The van der Waals surface area contributed by atoms with Crippen LogP contribution in [0.2, 0.25) is 0 Å². The summed E-state index contributed by atoms with van der Waals surface area (Å²) in [4.78, 5) is 2.33. The quantitative estimate of drug-likeness (QED) is 0.864. The Morgan fingerprint density at radius 1 is 1.22 bits per heavy atom. The lowest BCUT2D eigenvalue weighted by molar-refractivity contribution is 0.266. The standard InChI is InChI=1S/C15H23FN2/c1-18(11-8-13-6-9-17-10-7-13)12-14-2-4-15(16)5-3-14/h2-5,13,17H,6-12H2,1H3. The lowest BCUT2D eigenvalue weighted by Crippen LogP contribution is -2.30. The molecule has 0 spiro atoms. The van der Waals surface area contributed by atoms with E-state index in [9.17, 15) is 4.39 Å². The molecule has 2 rings (SSSR count). The Balaban J connectivity index is 1.71. The van der Waals surface area contributed by atoms with E-state index < -0.39 is 0 Å². The third-order valence-corrected chi connectivity index (χ3v) is 3.74. The van der Waals surface area contributed by atoms with E-state index in [0.717, 1.165) is 19.0 Å². The zero-order valence-electron chi connectivity index (χ0n) is 11.2. The third kappa shape index (κ3) is 4.39. The van der Waals surface area contributed by atoms with Crippen molar-refractivity contribution >= 4 is 0 Å². The van der Waals surface area contributed by atoms with Gasteiger partial charge in [0.2, 0.25) is 0 Å². The Kier molecular flexibility index (Phi) is 5.14. The molecule has 0 aromatic heterocycles. The Bertz CT molecular complexity index is 344. The minimum absolute atomic E-state index is 0.156. The Labute approximate surface area is 109 Å². The first kappa shape index (κ1) is 13.5. The van der Waals surface area contributed by atoms with Crippen LogP contribution in [0.3, 0.4) is 0 Å². The molecule has 1 fully saturated rings. The molecule has 3 heteroatoms. The summed E-state index contributed by atoms with van der Waals surface area (Å²) in [6.07, 6.45) is 3.90. The van der Waals surface area contributed by atoms with Gasteiger partial charge in [-0.05, 0) is 69.6 Å². The van der Waals surface area contributed by atoms with E-state index in [-0.39, 0.29) is 5.82 Å². The Hall–Kier alpha value is -0.930. The van der Waals surface area contributed by atoms with Gasteiger partial charge in [-0.25, -0.2) is 4.39 Å². The minimum atomic E-state index is -0.156. The molecular formula is C15H23FN2. The summed E-state index contributed by atoms with van der Waals surface area (Å²) in [5.41, 5.74) is 1.18. The maximum absolute atomic E-state index is 12.8. The average Bonchev–Trinajstić information content (AvgIpc) is 2.40. The largest absolute Gasteiger partial charge is 0.317 e. The number of nitrogens with one attached hydrogen (secondary N) is 1. The van der Waals surface area contributed by atoms with Crippen LogP contribution in [0, 0.1) is 11.7 Å². The normalized spacial score (nSPS) is 17.3. The molecule has 0 bridgehead atoms. The van der Waals surface area contributed by atoms with Gasteiger partial charge in [-0.3, -0.25) is 0 Å². The van der Waals surface area contributed by atoms with Gasteiger partial charge >= 0.3 is 0 Å². The zero-order valence-corrected chi connectivity index (χ0v) is 11.2. The number of nitrogens with zero attached hydrogens (tertiary/aromatic N) is 1. The predicted octanol–water partition coefficient (Wildman–Crippen LogP) is 2.65. The van der Waals surface area contributed by atoms with Crippen molar-refractivity contribution in [2.45, 2.75) is 25.8 Å². The first-order valence-electron chi connectivity index (χ1n) is 6.88. The van der Waals surface area contributed by atoms with Crippen LogP contribution in [0.4, 0.5) is 4.39 Å². The molecule has 1 N–H and O–H groups in total. The second-order valence-corrected chi connectivity index (χ2v) is 5.35. The van der Waals surface area contributed by atoms with Gasteiger partial charge in [-0.2, -0.15) is 0 Å². The van der Waals surface area contributed by atoms with Crippen molar-refractivity contribution < 1.29 is 4.39 Å². The molecule has 0 unspecified atom stereocenters. The Morgan fingerprint density at radius 2 is 1.89 bits per heavy atom. The molecule has 1 heterocycles. The van der Waals surface area contributed by atoms with Crippen LogP contribution in [-0.4, -0.2) is 31.6 Å². The fourth-order valence-corrected chi connectivity index (χ4v) is 2.55. The van der Waals surface area contributed by atoms with E-state index in [2.05, 4.69) is 17.3 Å². The van der Waals surface area contributed by atoms with Gasteiger partial charge in [0, 0.05) is 6.54 Å². The van der Waals surface area contributed by atoms with Crippen molar-refractivity contribution in [2.24, 2.45) is 5.92 Å². The second-order valence-electron chi connectivity index (χ2n) is 5.35. The summed E-state index contributed by atoms with van der Waals surface area (Å²) in [6.45, 7) is 4.38. The summed E-state index contributed by atoms with van der Waals surface area (Å²) in [5, 5.41) is 3.40. The van der Waals surface area contributed by atoms with Gasteiger partial charge in [0.25, 0.3) is 0 Å². The van der Waals surface area contributed by atoms with Crippen molar-refractivity contribution in [1.29, 1.82) is 0 Å². The van der Waals surface area contributed by atoms with E-state index in [0.29, 0.717) is 0 Å².